The van der Waals surface area contributed by atoms with Crippen LogP contribution in [0.1, 0.15) is 42.1 Å². The lowest BCUT2D eigenvalue weighted by Gasteiger charge is -2.16. The van der Waals surface area contributed by atoms with Crippen molar-refractivity contribution in [3.05, 3.63) is 64.7 Å². The fraction of sp³-hybridized carbons (Fsp3) is 0.368. The molecule has 0 bridgehead atoms. The van der Waals surface area contributed by atoms with Crippen LogP contribution < -0.4 is 10.5 Å². The maximum atomic E-state index is 6.36. The summed E-state index contributed by atoms with van der Waals surface area (Å²) >= 11 is 0. The van der Waals surface area contributed by atoms with Gasteiger partial charge in [-0.3, -0.25) is 0 Å². The van der Waals surface area contributed by atoms with Gasteiger partial charge in [0.1, 0.15) is 5.75 Å². The number of rotatable bonds is 5. The minimum Gasteiger partial charge on any atom is -0.491 e. The summed E-state index contributed by atoms with van der Waals surface area (Å²) in [5.41, 5.74) is 11.4. The van der Waals surface area contributed by atoms with Gasteiger partial charge in [0.25, 0.3) is 0 Å². The molecule has 0 aliphatic rings. The van der Waals surface area contributed by atoms with Crippen LogP contribution in [0.5, 0.6) is 5.75 Å². The predicted octanol–water partition coefficient (Wildman–Crippen LogP) is 4.33. The third-order valence-corrected chi connectivity index (χ3v) is 3.68. The number of benzene rings is 2. The molecule has 21 heavy (non-hydrogen) atoms. The first-order valence-electron chi connectivity index (χ1n) is 7.54. The summed E-state index contributed by atoms with van der Waals surface area (Å²) < 4.78 is 5.73. The van der Waals surface area contributed by atoms with Crippen molar-refractivity contribution < 1.29 is 4.74 Å². The van der Waals surface area contributed by atoms with Crippen molar-refractivity contribution in [2.75, 3.05) is 0 Å². The highest BCUT2D eigenvalue weighted by molar-refractivity contribution is 5.34. The number of hydrogen-bond donors (Lipinski definition) is 1. The van der Waals surface area contributed by atoms with Gasteiger partial charge < -0.3 is 10.5 Å². The zero-order chi connectivity index (χ0) is 15.4. The Morgan fingerprint density at radius 3 is 2.43 bits per heavy atom. The standard InChI is InChI=1S/C19H25NO/c1-13(2)21-18-7-5-6-17(12-18)19(20)11-16-9-8-14(3)15(4)10-16/h5-10,12-13,19H,11,20H2,1-4H3. The van der Waals surface area contributed by atoms with E-state index in [1.165, 1.54) is 16.7 Å². The highest BCUT2D eigenvalue weighted by Gasteiger charge is 2.09. The zero-order valence-electron chi connectivity index (χ0n) is 13.4. The quantitative estimate of drug-likeness (QED) is 0.886. The summed E-state index contributed by atoms with van der Waals surface area (Å²) in [6, 6.07) is 14.6. The summed E-state index contributed by atoms with van der Waals surface area (Å²) in [7, 11) is 0. The van der Waals surface area contributed by atoms with Crippen LogP contribution in [-0.4, -0.2) is 6.10 Å². The van der Waals surface area contributed by atoms with Crippen LogP contribution >= 0.6 is 0 Å². The van der Waals surface area contributed by atoms with Crippen molar-refractivity contribution in [3.63, 3.8) is 0 Å². The maximum Gasteiger partial charge on any atom is 0.120 e. The molecule has 2 rings (SSSR count). The van der Waals surface area contributed by atoms with Gasteiger partial charge in [-0.05, 0) is 68.5 Å². The van der Waals surface area contributed by atoms with Gasteiger partial charge in [-0.15, -0.1) is 0 Å². The third kappa shape index (κ3) is 4.33. The Morgan fingerprint density at radius 1 is 1.00 bits per heavy atom. The van der Waals surface area contributed by atoms with Crippen LogP contribution in [0.3, 0.4) is 0 Å². The monoisotopic (exact) mass is 283 g/mol. The summed E-state index contributed by atoms with van der Waals surface area (Å²) in [6.45, 7) is 8.33. The highest BCUT2D eigenvalue weighted by Crippen LogP contribution is 2.22. The summed E-state index contributed by atoms with van der Waals surface area (Å²) in [5, 5.41) is 0. The second-order valence-corrected chi connectivity index (χ2v) is 5.97. The molecule has 2 aromatic rings. The molecule has 0 saturated heterocycles. The van der Waals surface area contributed by atoms with Gasteiger partial charge >= 0.3 is 0 Å². The van der Waals surface area contributed by atoms with Crippen molar-refractivity contribution in [1.29, 1.82) is 0 Å². The van der Waals surface area contributed by atoms with Crippen LogP contribution in [0.2, 0.25) is 0 Å². The Kier molecular flexibility index (Phi) is 5.03. The van der Waals surface area contributed by atoms with Gasteiger partial charge in [-0.2, -0.15) is 0 Å². The molecule has 0 spiro atoms. The van der Waals surface area contributed by atoms with E-state index >= 15 is 0 Å². The Labute approximate surface area is 127 Å². The second-order valence-electron chi connectivity index (χ2n) is 5.97. The lowest BCUT2D eigenvalue weighted by molar-refractivity contribution is 0.242. The lowest BCUT2D eigenvalue weighted by Crippen LogP contribution is -2.14. The fourth-order valence-electron chi connectivity index (χ4n) is 2.39. The van der Waals surface area contributed by atoms with Crippen LogP contribution in [0.15, 0.2) is 42.5 Å². The van der Waals surface area contributed by atoms with E-state index in [2.05, 4.69) is 38.1 Å². The fourth-order valence-corrected chi connectivity index (χ4v) is 2.39. The van der Waals surface area contributed by atoms with Crippen molar-refractivity contribution in [2.24, 2.45) is 5.73 Å². The molecule has 1 unspecified atom stereocenters. The molecule has 2 aromatic carbocycles. The lowest BCUT2D eigenvalue weighted by atomic mass is 9.97. The zero-order valence-corrected chi connectivity index (χ0v) is 13.4. The van der Waals surface area contributed by atoms with E-state index in [9.17, 15) is 0 Å². The van der Waals surface area contributed by atoms with Crippen LogP contribution in [0, 0.1) is 13.8 Å². The topological polar surface area (TPSA) is 35.2 Å². The SMILES string of the molecule is Cc1ccc(CC(N)c2cccc(OC(C)C)c2)cc1C. The maximum absolute atomic E-state index is 6.36. The normalized spacial score (nSPS) is 12.5. The number of nitrogens with two attached hydrogens (primary N) is 1. The number of aryl methyl sites for hydroxylation is 2. The summed E-state index contributed by atoms with van der Waals surface area (Å²) in [5.74, 6) is 0.887. The van der Waals surface area contributed by atoms with Crippen molar-refractivity contribution >= 4 is 0 Å². The molecule has 2 heteroatoms. The molecular formula is C19H25NO. The Balaban J connectivity index is 2.12. The molecule has 0 heterocycles. The van der Waals surface area contributed by atoms with Gasteiger partial charge in [-0.25, -0.2) is 0 Å². The Bertz CT molecular complexity index is 604. The highest BCUT2D eigenvalue weighted by atomic mass is 16.5. The predicted molar refractivity (Wildman–Crippen MR) is 88.8 cm³/mol. The van der Waals surface area contributed by atoms with Gasteiger partial charge in [0, 0.05) is 6.04 Å². The Hall–Kier alpha value is -1.80. The molecule has 0 amide bonds. The minimum absolute atomic E-state index is 0.0113. The average molecular weight is 283 g/mol. The van der Waals surface area contributed by atoms with Gasteiger partial charge in [0.15, 0.2) is 0 Å². The number of hydrogen-bond acceptors (Lipinski definition) is 2. The molecule has 2 N–H and O–H groups in total. The molecule has 1 atom stereocenters. The van der Waals surface area contributed by atoms with Crippen LogP contribution in [-0.2, 0) is 6.42 Å². The smallest absolute Gasteiger partial charge is 0.120 e. The molecular weight excluding hydrogens is 258 g/mol. The third-order valence-electron chi connectivity index (χ3n) is 3.68. The molecule has 0 aromatic heterocycles. The van der Waals surface area contributed by atoms with E-state index < -0.39 is 0 Å². The molecule has 0 aliphatic heterocycles. The summed E-state index contributed by atoms with van der Waals surface area (Å²) in [6.07, 6.45) is 1.02. The first-order valence-corrected chi connectivity index (χ1v) is 7.54. The van der Waals surface area contributed by atoms with E-state index in [0.29, 0.717) is 0 Å². The van der Waals surface area contributed by atoms with Crippen LogP contribution in [0.4, 0.5) is 0 Å². The van der Waals surface area contributed by atoms with Gasteiger partial charge in [0.05, 0.1) is 6.10 Å². The second kappa shape index (κ2) is 6.77. The van der Waals surface area contributed by atoms with E-state index in [1.54, 1.807) is 0 Å². The Morgan fingerprint density at radius 2 is 1.76 bits per heavy atom. The molecule has 0 saturated carbocycles. The van der Waals surface area contributed by atoms with Crippen molar-refractivity contribution in [3.8, 4) is 5.75 Å². The first kappa shape index (κ1) is 15.6. The van der Waals surface area contributed by atoms with E-state index in [1.807, 2.05) is 32.0 Å². The molecule has 0 aliphatic carbocycles. The number of ether oxygens (including phenoxy) is 1. The van der Waals surface area contributed by atoms with Crippen LogP contribution in [0.25, 0.3) is 0 Å². The van der Waals surface area contributed by atoms with E-state index in [0.717, 1.165) is 17.7 Å². The molecule has 0 fully saturated rings. The molecule has 112 valence electrons. The average Bonchev–Trinajstić information content (AvgIpc) is 2.42. The van der Waals surface area contributed by atoms with E-state index in [4.69, 9.17) is 10.5 Å². The molecule has 0 radical (unpaired) electrons. The molecule has 2 nitrogen and oxygen atoms in total. The van der Waals surface area contributed by atoms with Gasteiger partial charge in [-0.1, -0.05) is 30.3 Å². The van der Waals surface area contributed by atoms with Crippen molar-refractivity contribution in [1.82, 2.24) is 0 Å². The van der Waals surface area contributed by atoms with Crippen molar-refractivity contribution in [2.45, 2.75) is 46.3 Å². The van der Waals surface area contributed by atoms with E-state index in [-0.39, 0.29) is 12.1 Å². The largest absolute Gasteiger partial charge is 0.491 e. The first-order chi connectivity index (χ1) is 9.95. The minimum atomic E-state index is -0.0113. The summed E-state index contributed by atoms with van der Waals surface area (Å²) in [4.78, 5) is 0. The van der Waals surface area contributed by atoms with Gasteiger partial charge in [0.2, 0.25) is 0 Å².